The maximum atomic E-state index is 12.8. The van der Waals surface area contributed by atoms with Gasteiger partial charge in [-0.15, -0.1) is 0 Å². The van der Waals surface area contributed by atoms with E-state index in [0.29, 0.717) is 24.4 Å². The van der Waals surface area contributed by atoms with E-state index in [1.165, 1.54) is 0 Å². The summed E-state index contributed by atoms with van der Waals surface area (Å²) in [5.74, 6) is -0.857. The van der Waals surface area contributed by atoms with E-state index < -0.39 is 23.9 Å². The normalized spacial score (nSPS) is 17.6. The molecule has 1 aliphatic heterocycles. The Bertz CT molecular complexity index is 1020. The number of H-pyrrole nitrogens is 1. The highest BCUT2D eigenvalue weighted by Gasteiger charge is 2.31. The summed E-state index contributed by atoms with van der Waals surface area (Å²) in [5.41, 5.74) is 1.05. The lowest BCUT2D eigenvalue weighted by Crippen LogP contribution is -2.52. The Kier molecular flexibility index (Phi) is 6.80. The van der Waals surface area contributed by atoms with Crippen molar-refractivity contribution in [3.8, 4) is 11.8 Å². The van der Waals surface area contributed by atoms with Crippen LogP contribution in [0.2, 0.25) is 0 Å². The summed E-state index contributed by atoms with van der Waals surface area (Å²) >= 11 is 0. The number of carbonyl (C=O) groups is 3. The first-order chi connectivity index (χ1) is 14.8. The number of aromatic nitrogens is 1. The quantitative estimate of drug-likeness (QED) is 0.508. The zero-order chi connectivity index (χ0) is 22.5. The van der Waals surface area contributed by atoms with Gasteiger partial charge in [0.1, 0.15) is 23.5 Å². The van der Waals surface area contributed by atoms with Crippen LogP contribution in [-0.2, 0) is 9.59 Å². The van der Waals surface area contributed by atoms with Crippen molar-refractivity contribution >= 4 is 28.6 Å². The van der Waals surface area contributed by atoms with Gasteiger partial charge in [0.15, 0.2) is 0 Å². The van der Waals surface area contributed by atoms with Gasteiger partial charge < -0.3 is 25.7 Å². The van der Waals surface area contributed by atoms with Crippen LogP contribution in [-0.4, -0.2) is 48.4 Å². The Labute approximate surface area is 180 Å². The van der Waals surface area contributed by atoms with Crippen LogP contribution < -0.4 is 20.7 Å². The SMILES string of the molecule is COc1cccc2[nH]c(C(=O)N[C@H](C(=O)NC(C#N)CC3CCNC3=O)C(C)C)cc12. The highest BCUT2D eigenvalue weighted by molar-refractivity contribution is 6.01. The Morgan fingerprint density at radius 1 is 1.32 bits per heavy atom. The molecule has 0 radical (unpaired) electrons. The number of fused-ring (bicyclic) bond motifs is 1. The predicted molar refractivity (Wildman–Crippen MR) is 114 cm³/mol. The predicted octanol–water partition coefficient (Wildman–Crippen LogP) is 1.47. The number of ether oxygens (including phenoxy) is 1. The molecule has 1 aromatic heterocycles. The first kappa shape index (κ1) is 22.2. The van der Waals surface area contributed by atoms with E-state index in [2.05, 4.69) is 20.9 Å². The molecule has 1 aliphatic rings. The molecule has 3 amide bonds. The number of nitrogens with zero attached hydrogens (tertiary/aromatic N) is 1. The number of carbonyl (C=O) groups excluding carboxylic acids is 3. The summed E-state index contributed by atoms with van der Waals surface area (Å²) in [6.07, 6.45) is 0.885. The first-order valence-electron chi connectivity index (χ1n) is 10.3. The molecule has 1 aromatic carbocycles. The van der Waals surface area contributed by atoms with Crippen molar-refractivity contribution in [3.63, 3.8) is 0 Å². The number of methoxy groups -OCH3 is 1. The lowest BCUT2D eigenvalue weighted by atomic mass is 9.97. The van der Waals surface area contributed by atoms with Crippen molar-refractivity contribution in [1.82, 2.24) is 20.9 Å². The number of nitrogens with one attached hydrogen (secondary N) is 4. The minimum absolute atomic E-state index is 0.0996. The topological polar surface area (TPSA) is 136 Å². The Morgan fingerprint density at radius 3 is 2.71 bits per heavy atom. The molecule has 1 saturated heterocycles. The van der Waals surface area contributed by atoms with Gasteiger partial charge in [0.25, 0.3) is 5.91 Å². The van der Waals surface area contributed by atoms with Gasteiger partial charge in [-0.05, 0) is 37.0 Å². The molecule has 3 rings (SSSR count). The largest absolute Gasteiger partial charge is 0.496 e. The van der Waals surface area contributed by atoms with Crippen LogP contribution in [0.4, 0.5) is 0 Å². The Morgan fingerprint density at radius 2 is 2.10 bits per heavy atom. The van der Waals surface area contributed by atoms with E-state index >= 15 is 0 Å². The van der Waals surface area contributed by atoms with Crippen LogP contribution in [0, 0.1) is 23.2 Å². The van der Waals surface area contributed by atoms with Crippen LogP contribution in [0.15, 0.2) is 24.3 Å². The molecule has 9 heteroatoms. The van der Waals surface area contributed by atoms with Crippen LogP contribution in [0.5, 0.6) is 5.75 Å². The minimum atomic E-state index is -0.839. The molecule has 9 nitrogen and oxygen atoms in total. The van der Waals surface area contributed by atoms with Gasteiger partial charge in [0, 0.05) is 23.4 Å². The van der Waals surface area contributed by atoms with E-state index in [-0.39, 0.29) is 24.2 Å². The van der Waals surface area contributed by atoms with Crippen molar-refractivity contribution in [2.75, 3.05) is 13.7 Å². The van der Waals surface area contributed by atoms with Gasteiger partial charge in [-0.2, -0.15) is 5.26 Å². The third-order valence-corrected chi connectivity index (χ3v) is 5.48. The Hall–Kier alpha value is -3.54. The minimum Gasteiger partial charge on any atom is -0.496 e. The van der Waals surface area contributed by atoms with Crippen molar-refractivity contribution < 1.29 is 19.1 Å². The second kappa shape index (κ2) is 9.51. The number of benzene rings is 1. The molecular weight excluding hydrogens is 398 g/mol. The molecule has 2 aromatic rings. The van der Waals surface area contributed by atoms with E-state index in [1.807, 2.05) is 32.0 Å². The number of amides is 3. The van der Waals surface area contributed by atoms with Crippen molar-refractivity contribution in [3.05, 3.63) is 30.0 Å². The fourth-order valence-corrected chi connectivity index (χ4v) is 3.74. The number of rotatable bonds is 8. The maximum Gasteiger partial charge on any atom is 0.268 e. The van der Waals surface area contributed by atoms with Crippen LogP contribution in [0.25, 0.3) is 10.9 Å². The zero-order valence-corrected chi connectivity index (χ0v) is 17.8. The molecule has 0 aliphatic carbocycles. The fraction of sp³-hybridized carbons (Fsp3) is 0.455. The third kappa shape index (κ3) is 4.97. The van der Waals surface area contributed by atoms with Crippen LogP contribution in [0.1, 0.15) is 37.2 Å². The number of hydrogen-bond acceptors (Lipinski definition) is 5. The highest BCUT2D eigenvalue weighted by Crippen LogP contribution is 2.26. The molecule has 31 heavy (non-hydrogen) atoms. The fourth-order valence-electron chi connectivity index (χ4n) is 3.74. The molecule has 1 fully saturated rings. The summed E-state index contributed by atoms with van der Waals surface area (Å²) in [6, 6.07) is 7.52. The van der Waals surface area contributed by atoms with E-state index in [9.17, 15) is 19.6 Å². The van der Waals surface area contributed by atoms with E-state index in [0.717, 1.165) is 10.9 Å². The van der Waals surface area contributed by atoms with Gasteiger partial charge in [-0.3, -0.25) is 14.4 Å². The highest BCUT2D eigenvalue weighted by atomic mass is 16.5. The summed E-state index contributed by atoms with van der Waals surface area (Å²) in [5, 5.41) is 18.3. The van der Waals surface area contributed by atoms with Crippen LogP contribution in [0.3, 0.4) is 0 Å². The number of hydrogen-bond donors (Lipinski definition) is 4. The van der Waals surface area contributed by atoms with Crippen molar-refractivity contribution in [2.45, 2.75) is 38.8 Å². The lowest BCUT2D eigenvalue weighted by Gasteiger charge is -2.23. The summed E-state index contributed by atoms with van der Waals surface area (Å²) in [7, 11) is 1.56. The first-order valence-corrected chi connectivity index (χ1v) is 10.3. The van der Waals surface area contributed by atoms with Crippen molar-refractivity contribution in [1.29, 1.82) is 5.26 Å². The second-order valence-corrected chi connectivity index (χ2v) is 8.00. The number of aromatic amines is 1. The zero-order valence-electron chi connectivity index (χ0n) is 17.8. The summed E-state index contributed by atoms with van der Waals surface area (Å²) < 4.78 is 5.32. The summed E-state index contributed by atoms with van der Waals surface area (Å²) in [6.45, 7) is 4.20. The number of nitriles is 1. The maximum absolute atomic E-state index is 12.8. The smallest absolute Gasteiger partial charge is 0.268 e. The Balaban J connectivity index is 1.69. The monoisotopic (exact) mass is 425 g/mol. The molecule has 4 N–H and O–H groups in total. The molecule has 164 valence electrons. The lowest BCUT2D eigenvalue weighted by molar-refractivity contribution is -0.125. The van der Waals surface area contributed by atoms with Gasteiger partial charge >= 0.3 is 0 Å². The van der Waals surface area contributed by atoms with Crippen molar-refractivity contribution in [2.24, 2.45) is 11.8 Å². The van der Waals surface area contributed by atoms with Gasteiger partial charge in [-0.25, -0.2) is 0 Å². The molecule has 0 spiro atoms. The van der Waals surface area contributed by atoms with Gasteiger partial charge in [0.2, 0.25) is 11.8 Å². The molecule has 3 atom stereocenters. The summed E-state index contributed by atoms with van der Waals surface area (Å²) in [4.78, 5) is 40.5. The second-order valence-electron chi connectivity index (χ2n) is 8.00. The average molecular weight is 425 g/mol. The van der Waals surface area contributed by atoms with Gasteiger partial charge in [-0.1, -0.05) is 19.9 Å². The van der Waals surface area contributed by atoms with E-state index in [4.69, 9.17) is 4.74 Å². The molecular formula is C22H27N5O4. The average Bonchev–Trinajstić information content (AvgIpc) is 3.36. The molecule has 2 unspecified atom stereocenters. The molecule has 0 bridgehead atoms. The van der Waals surface area contributed by atoms with Gasteiger partial charge in [0.05, 0.1) is 13.2 Å². The molecule has 0 saturated carbocycles. The third-order valence-electron chi connectivity index (χ3n) is 5.48. The standard InChI is InChI=1S/C22H27N5O4/c1-12(2)19(22(30)25-14(11-23)9-13-7-8-24-20(13)28)27-21(29)17-10-15-16(26-17)5-4-6-18(15)31-3/h4-6,10,12-14,19,26H,7-9H2,1-3H3,(H,24,28)(H,25,30)(H,27,29)/t13?,14?,19-/m0/s1. The van der Waals surface area contributed by atoms with Crippen LogP contribution >= 0.6 is 0 Å². The molecule has 2 heterocycles. The van der Waals surface area contributed by atoms with E-state index in [1.54, 1.807) is 19.2 Å².